The second-order valence-corrected chi connectivity index (χ2v) is 4.86. The normalized spacial score (nSPS) is 10.9. The Labute approximate surface area is 112 Å². The number of nitrogens with one attached hydrogen (secondary N) is 3. The molecule has 0 radical (unpaired) electrons. The summed E-state index contributed by atoms with van der Waals surface area (Å²) in [5.41, 5.74) is -0.553. The van der Waals surface area contributed by atoms with E-state index in [1.165, 1.54) is 6.20 Å². The van der Waals surface area contributed by atoms with Crippen molar-refractivity contribution in [1.82, 2.24) is 15.3 Å². The molecule has 0 atom stereocenters. The van der Waals surface area contributed by atoms with E-state index < -0.39 is 5.41 Å². The lowest BCUT2D eigenvalue weighted by Crippen LogP contribution is -2.39. The third kappa shape index (κ3) is 3.46. The minimum absolute atomic E-state index is 0.0472. The Hall–Kier alpha value is -1.56. The highest BCUT2D eigenvalue weighted by Crippen LogP contribution is 2.22. The average Bonchev–Trinajstić information content (AvgIpc) is 2.36. The molecule has 18 heavy (non-hydrogen) atoms. The van der Waals surface area contributed by atoms with Crippen LogP contribution in [0.1, 0.15) is 13.8 Å². The van der Waals surface area contributed by atoms with Crippen molar-refractivity contribution in [3.8, 4) is 0 Å². The molecule has 0 aliphatic heterocycles. The van der Waals surface area contributed by atoms with Gasteiger partial charge in [0.15, 0.2) is 5.82 Å². The summed E-state index contributed by atoms with van der Waals surface area (Å²) in [6.07, 6.45) is 1.51. The number of amides is 1. The third-order valence-corrected chi connectivity index (χ3v) is 2.78. The predicted molar refractivity (Wildman–Crippen MR) is 72.9 cm³/mol. The summed E-state index contributed by atoms with van der Waals surface area (Å²) in [6, 6.07) is 0. The summed E-state index contributed by atoms with van der Waals surface area (Å²) in [7, 11) is 3.34. The first-order chi connectivity index (χ1) is 8.40. The van der Waals surface area contributed by atoms with Gasteiger partial charge in [-0.2, -0.15) is 4.98 Å². The van der Waals surface area contributed by atoms with Gasteiger partial charge in [-0.25, -0.2) is 4.98 Å². The number of halogens is 1. The van der Waals surface area contributed by atoms with Crippen LogP contribution in [0.4, 0.5) is 11.8 Å². The van der Waals surface area contributed by atoms with Crippen LogP contribution >= 0.6 is 11.6 Å². The van der Waals surface area contributed by atoms with Crippen LogP contribution in [0.5, 0.6) is 0 Å². The molecule has 3 N–H and O–H groups in total. The molecule has 0 spiro atoms. The Balaban J connectivity index is 2.77. The molecule has 1 heterocycles. The number of carbonyl (C=O) groups excluding carboxylic acids is 1. The van der Waals surface area contributed by atoms with Crippen LogP contribution in [-0.4, -0.2) is 36.5 Å². The number of rotatable bonds is 5. The molecule has 6 nitrogen and oxygen atoms in total. The molecule has 0 aliphatic carbocycles. The van der Waals surface area contributed by atoms with Gasteiger partial charge in [-0.1, -0.05) is 11.6 Å². The Morgan fingerprint density at radius 3 is 2.67 bits per heavy atom. The molecule has 0 fully saturated rings. The second-order valence-electron chi connectivity index (χ2n) is 4.46. The van der Waals surface area contributed by atoms with Crippen molar-refractivity contribution in [2.75, 3.05) is 31.3 Å². The Morgan fingerprint density at radius 2 is 2.11 bits per heavy atom. The molecule has 0 saturated heterocycles. The van der Waals surface area contributed by atoms with Crippen molar-refractivity contribution >= 4 is 29.3 Å². The van der Waals surface area contributed by atoms with E-state index in [0.29, 0.717) is 23.3 Å². The highest BCUT2D eigenvalue weighted by atomic mass is 35.5. The van der Waals surface area contributed by atoms with Crippen molar-refractivity contribution < 1.29 is 4.79 Å². The molecule has 0 unspecified atom stereocenters. The summed E-state index contributed by atoms with van der Waals surface area (Å²) in [4.78, 5) is 19.8. The molecule has 1 aromatic rings. The lowest BCUT2D eigenvalue weighted by molar-refractivity contribution is -0.128. The van der Waals surface area contributed by atoms with Crippen LogP contribution in [0.25, 0.3) is 0 Å². The van der Waals surface area contributed by atoms with E-state index in [0.717, 1.165) is 0 Å². The molecular formula is C11H18ClN5O. The number of hydrogen-bond acceptors (Lipinski definition) is 5. The Kier molecular flexibility index (Phi) is 4.72. The average molecular weight is 272 g/mol. The molecule has 100 valence electrons. The van der Waals surface area contributed by atoms with Gasteiger partial charge in [-0.3, -0.25) is 4.79 Å². The SMILES string of the molecule is CNC(=O)C(C)(C)CNc1nc(NC)ncc1Cl. The van der Waals surface area contributed by atoms with Crippen molar-refractivity contribution in [2.24, 2.45) is 5.41 Å². The quantitative estimate of drug-likeness (QED) is 0.754. The largest absolute Gasteiger partial charge is 0.368 e. The van der Waals surface area contributed by atoms with Crippen LogP contribution in [-0.2, 0) is 4.79 Å². The molecule has 1 aromatic heterocycles. The zero-order valence-electron chi connectivity index (χ0n) is 11.0. The van der Waals surface area contributed by atoms with E-state index in [2.05, 4.69) is 25.9 Å². The van der Waals surface area contributed by atoms with Gasteiger partial charge in [0, 0.05) is 20.6 Å². The fraction of sp³-hybridized carbons (Fsp3) is 0.545. The first-order valence-electron chi connectivity index (χ1n) is 5.57. The number of carbonyl (C=O) groups is 1. The molecule has 1 amide bonds. The first kappa shape index (κ1) is 14.5. The zero-order chi connectivity index (χ0) is 13.8. The van der Waals surface area contributed by atoms with Crippen molar-refractivity contribution in [3.05, 3.63) is 11.2 Å². The van der Waals surface area contributed by atoms with Gasteiger partial charge in [-0.05, 0) is 13.8 Å². The van der Waals surface area contributed by atoms with E-state index in [1.54, 1.807) is 14.1 Å². The maximum Gasteiger partial charge on any atom is 0.227 e. The standard InChI is InChI=1S/C11H18ClN5O/c1-11(2,9(18)13-3)6-16-8-7(12)5-15-10(14-4)17-8/h5H,6H2,1-4H3,(H,13,18)(H2,14,15,16,17). The molecule has 0 bridgehead atoms. The zero-order valence-corrected chi connectivity index (χ0v) is 11.7. The molecule has 7 heteroatoms. The lowest BCUT2D eigenvalue weighted by atomic mass is 9.92. The van der Waals surface area contributed by atoms with Gasteiger partial charge in [-0.15, -0.1) is 0 Å². The highest BCUT2D eigenvalue weighted by molar-refractivity contribution is 6.32. The highest BCUT2D eigenvalue weighted by Gasteiger charge is 2.26. The summed E-state index contributed by atoms with van der Waals surface area (Å²) < 4.78 is 0. The maximum absolute atomic E-state index is 11.6. The lowest BCUT2D eigenvalue weighted by Gasteiger charge is -2.23. The molecule has 0 aromatic carbocycles. The first-order valence-corrected chi connectivity index (χ1v) is 5.95. The van der Waals surface area contributed by atoms with Gasteiger partial charge < -0.3 is 16.0 Å². The third-order valence-electron chi connectivity index (χ3n) is 2.51. The summed E-state index contributed by atoms with van der Waals surface area (Å²) in [5.74, 6) is 0.932. The number of nitrogens with zero attached hydrogens (tertiary/aromatic N) is 2. The van der Waals surface area contributed by atoms with Crippen LogP contribution in [0.2, 0.25) is 5.02 Å². The van der Waals surface area contributed by atoms with E-state index in [9.17, 15) is 4.79 Å². The summed E-state index contributed by atoms with van der Waals surface area (Å²) in [6.45, 7) is 4.10. The van der Waals surface area contributed by atoms with Crippen molar-refractivity contribution in [1.29, 1.82) is 0 Å². The minimum Gasteiger partial charge on any atom is -0.368 e. The molecule has 0 aliphatic rings. The number of hydrogen-bond donors (Lipinski definition) is 3. The minimum atomic E-state index is -0.553. The smallest absolute Gasteiger partial charge is 0.227 e. The van der Waals surface area contributed by atoms with E-state index >= 15 is 0 Å². The van der Waals surface area contributed by atoms with Gasteiger partial charge in [0.2, 0.25) is 11.9 Å². The van der Waals surface area contributed by atoms with Crippen LogP contribution in [0.15, 0.2) is 6.20 Å². The van der Waals surface area contributed by atoms with E-state index in [-0.39, 0.29) is 5.91 Å². The fourth-order valence-electron chi connectivity index (χ4n) is 1.33. The Morgan fingerprint density at radius 1 is 1.44 bits per heavy atom. The predicted octanol–water partition coefficient (Wildman–Crippen LogP) is 1.36. The number of aromatic nitrogens is 2. The summed E-state index contributed by atoms with van der Waals surface area (Å²) >= 11 is 5.98. The van der Waals surface area contributed by atoms with Crippen LogP contribution in [0, 0.1) is 5.41 Å². The van der Waals surface area contributed by atoms with Crippen molar-refractivity contribution in [3.63, 3.8) is 0 Å². The van der Waals surface area contributed by atoms with Crippen LogP contribution in [0.3, 0.4) is 0 Å². The molecular weight excluding hydrogens is 254 g/mol. The van der Waals surface area contributed by atoms with Gasteiger partial charge in [0.25, 0.3) is 0 Å². The Bertz CT molecular complexity index is 435. The number of anilines is 2. The van der Waals surface area contributed by atoms with Gasteiger partial charge >= 0.3 is 0 Å². The van der Waals surface area contributed by atoms with Crippen LogP contribution < -0.4 is 16.0 Å². The van der Waals surface area contributed by atoms with Gasteiger partial charge in [0.1, 0.15) is 5.02 Å². The topological polar surface area (TPSA) is 78.9 Å². The fourth-order valence-corrected chi connectivity index (χ4v) is 1.49. The van der Waals surface area contributed by atoms with Crippen molar-refractivity contribution in [2.45, 2.75) is 13.8 Å². The second kappa shape index (κ2) is 5.86. The molecule has 1 rings (SSSR count). The van der Waals surface area contributed by atoms with E-state index in [1.807, 2.05) is 13.8 Å². The molecule has 0 saturated carbocycles. The van der Waals surface area contributed by atoms with Gasteiger partial charge in [0.05, 0.1) is 11.6 Å². The summed E-state index contributed by atoms with van der Waals surface area (Å²) in [5, 5.41) is 8.92. The monoisotopic (exact) mass is 271 g/mol. The maximum atomic E-state index is 11.6. The van der Waals surface area contributed by atoms with E-state index in [4.69, 9.17) is 11.6 Å².